The van der Waals surface area contributed by atoms with Crippen LogP contribution in [0.3, 0.4) is 0 Å². The molecule has 0 aromatic rings. The SMILES string of the molecule is CSC(C)CCCC(=O)C(C)(C)N1CCOCC1. The Labute approximate surface area is 116 Å². The average Bonchev–Trinajstić information content (AvgIpc) is 2.39. The number of hydrogen-bond donors (Lipinski definition) is 0. The van der Waals surface area contributed by atoms with Crippen molar-refractivity contribution in [3.63, 3.8) is 0 Å². The van der Waals surface area contributed by atoms with Gasteiger partial charge in [0, 0.05) is 24.8 Å². The summed E-state index contributed by atoms with van der Waals surface area (Å²) in [6.07, 6.45) is 4.97. The lowest BCUT2D eigenvalue weighted by Crippen LogP contribution is -2.54. The zero-order valence-corrected chi connectivity index (χ0v) is 13.0. The maximum atomic E-state index is 12.3. The number of hydrogen-bond acceptors (Lipinski definition) is 4. The topological polar surface area (TPSA) is 29.5 Å². The van der Waals surface area contributed by atoms with Crippen LogP contribution in [-0.4, -0.2) is 54.0 Å². The number of nitrogens with zero attached hydrogens (tertiary/aromatic N) is 1. The number of rotatable bonds is 7. The molecule has 0 amide bonds. The Morgan fingerprint density at radius 3 is 2.56 bits per heavy atom. The quantitative estimate of drug-likeness (QED) is 0.713. The first kappa shape index (κ1) is 16.0. The molecular formula is C14H27NO2S. The first-order valence-corrected chi connectivity index (χ1v) is 8.16. The predicted molar refractivity (Wildman–Crippen MR) is 78.3 cm³/mol. The minimum absolute atomic E-state index is 0.327. The van der Waals surface area contributed by atoms with Crippen LogP contribution in [0.2, 0.25) is 0 Å². The molecule has 1 aliphatic heterocycles. The molecule has 1 rings (SSSR count). The maximum absolute atomic E-state index is 12.3. The molecule has 0 aromatic heterocycles. The van der Waals surface area contributed by atoms with Crippen LogP contribution in [0.1, 0.15) is 40.0 Å². The van der Waals surface area contributed by atoms with Crippen molar-refractivity contribution in [1.82, 2.24) is 4.90 Å². The molecule has 0 spiro atoms. The highest BCUT2D eigenvalue weighted by atomic mass is 32.2. The smallest absolute Gasteiger partial charge is 0.152 e. The van der Waals surface area contributed by atoms with Gasteiger partial charge in [0.1, 0.15) is 0 Å². The van der Waals surface area contributed by atoms with Crippen LogP contribution in [0.5, 0.6) is 0 Å². The average molecular weight is 273 g/mol. The molecule has 1 fully saturated rings. The van der Waals surface area contributed by atoms with E-state index in [0.29, 0.717) is 17.5 Å². The lowest BCUT2D eigenvalue weighted by molar-refractivity contribution is -0.132. The van der Waals surface area contributed by atoms with E-state index in [2.05, 4.69) is 31.9 Å². The number of ether oxygens (including phenoxy) is 1. The van der Waals surface area contributed by atoms with Gasteiger partial charge in [0.15, 0.2) is 5.78 Å². The van der Waals surface area contributed by atoms with Crippen molar-refractivity contribution in [1.29, 1.82) is 0 Å². The second-order valence-electron chi connectivity index (χ2n) is 5.52. The highest BCUT2D eigenvalue weighted by Crippen LogP contribution is 2.21. The van der Waals surface area contributed by atoms with Crippen molar-refractivity contribution in [3.8, 4) is 0 Å². The summed E-state index contributed by atoms with van der Waals surface area (Å²) in [5, 5.41) is 0.657. The Morgan fingerprint density at radius 1 is 1.39 bits per heavy atom. The molecule has 1 saturated heterocycles. The Hall–Kier alpha value is -0.0600. The van der Waals surface area contributed by atoms with Crippen LogP contribution in [0.15, 0.2) is 0 Å². The molecule has 0 radical (unpaired) electrons. The third kappa shape index (κ3) is 4.56. The molecular weight excluding hydrogens is 246 g/mol. The van der Waals surface area contributed by atoms with Gasteiger partial charge < -0.3 is 4.74 Å². The van der Waals surface area contributed by atoms with Gasteiger partial charge in [-0.2, -0.15) is 11.8 Å². The van der Waals surface area contributed by atoms with E-state index >= 15 is 0 Å². The van der Waals surface area contributed by atoms with E-state index in [1.54, 1.807) is 0 Å². The van der Waals surface area contributed by atoms with Gasteiger partial charge in [-0.25, -0.2) is 0 Å². The van der Waals surface area contributed by atoms with Gasteiger partial charge in [-0.05, 0) is 32.9 Å². The third-order valence-electron chi connectivity index (χ3n) is 3.90. The van der Waals surface area contributed by atoms with Gasteiger partial charge >= 0.3 is 0 Å². The number of thioether (sulfide) groups is 1. The van der Waals surface area contributed by atoms with Crippen LogP contribution in [0, 0.1) is 0 Å². The fourth-order valence-electron chi connectivity index (χ4n) is 2.27. The van der Waals surface area contributed by atoms with Crippen LogP contribution in [0.4, 0.5) is 0 Å². The summed E-state index contributed by atoms with van der Waals surface area (Å²) in [4.78, 5) is 14.6. The van der Waals surface area contributed by atoms with Crippen molar-refractivity contribution in [2.24, 2.45) is 0 Å². The van der Waals surface area contributed by atoms with Gasteiger partial charge in [0.05, 0.1) is 18.8 Å². The fourth-order valence-corrected chi connectivity index (χ4v) is 2.67. The Kier molecular flexibility index (Phi) is 6.67. The molecule has 1 aliphatic rings. The Bertz CT molecular complexity index is 263. The number of carbonyl (C=O) groups is 1. The number of Topliss-reactive ketones (excluding diaryl/α,β-unsaturated/α-hetero) is 1. The second kappa shape index (κ2) is 7.51. The predicted octanol–water partition coefficient (Wildman–Crippen LogP) is 2.59. The number of morpholine rings is 1. The zero-order chi connectivity index (χ0) is 13.6. The molecule has 3 nitrogen and oxygen atoms in total. The fraction of sp³-hybridized carbons (Fsp3) is 0.929. The largest absolute Gasteiger partial charge is 0.379 e. The minimum atomic E-state index is -0.327. The van der Waals surface area contributed by atoms with Gasteiger partial charge in [-0.15, -0.1) is 0 Å². The molecule has 106 valence electrons. The summed E-state index contributed by atoms with van der Waals surface area (Å²) >= 11 is 1.87. The number of carbonyl (C=O) groups excluding carboxylic acids is 1. The second-order valence-corrected chi connectivity index (χ2v) is 6.80. The zero-order valence-electron chi connectivity index (χ0n) is 12.2. The van der Waals surface area contributed by atoms with Crippen molar-refractivity contribution in [2.75, 3.05) is 32.6 Å². The van der Waals surface area contributed by atoms with Gasteiger partial charge in [0.2, 0.25) is 0 Å². The minimum Gasteiger partial charge on any atom is -0.379 e. The molecule has 4 heteroatoms. The van der Waals surface area contributed by atoms with E-state index in [9.17, 15) is 4.79 Å². The summed E-state index contributed by atoms with van der Waals surface area (Å²) < 4.78 is 5.35. The van der Waals surface area contributed by atoms with Crippen LogP contribution >= 0.6 is 11.8 Å². The lowest BCUT2D eigenvalue weighted by atomic mass is 9.92. The summed E-state index contributed by atoms with van der Waals surface area (Å²) in [7, 11) is 0. The van der Waals surface area contributed by atoms with E-state index in [0.717, 1.165) is 39.1 Å². The molecule has 18 heavy (non-hydrogen) atoms. The van der Waals surface area contributed by atoms with Crippen molar-refractivity contribution in [2.45, 2.75) is 50.8 Å². The summed E-state index contributed by atoms with van der Waals surface area (Å²) in [5.41, 5.74) is -0.327. The van der Waals surface area contributed by atoms with E-state index in [1.165, 1.54) is 0 Å². The third-order valence-corrected chi connectivity index (χ3v) is 4.94. The van der Waals surface area contributed by atoms with E-state index < -0.39 is 0 Å². The highest BCUT2D eigenvalue weighted by Gasteiger charge is 2.34. The van der Waals surface area contributed by atoms with E-state index in [-0.39, 0.29) is 5.54 Å². The van der Waals surface area contributed by atoms with E-state index in [1.807, 2.05) is 11.8 Å². The van der Waals surface area contributed by atoms with Crippen molar-refractivity contribution >= 4 is 17.5 Å². The van der Waals surface area contributed by atoms with Crippen molar-refractivity contribution < 1.29 is 9.53 Å². The molecule has 0 aromatic carbocycles. The normalized spacial score (nSPS) is 19.8. The molecule has 0 aliphatic carbocycles. The van der Waals surface area contributed by atoms with Gasteiger partial charge in [-0.3, -0.25) is 9.69 Å². The summed E-state index contributed by atoms with van der Waals surface area (Å²) in [6, 6.07) is 0. The molecule has 0 saturated carbocycles. The van der Waals surface area contributed by atoms with Gasteiger partial charge in [-0.1, -0.05) is 6.92 Å². The summed E-state index contributed by atoms with van der Waals surface area (Å²) in [6.45, 7) is 9.58. The monoisotopic (exact) mass is 273 g/mol. The molecule has 0 bridgehead atoms. The summed E-state index contributed by atoms with van der Waals surface area (Å²) in [5.74, 6) is 0.373. The standard InChI is InChI=1S/C14H27NO2S/c1-12(18-4)6-5-7-13(16)14(2,3)15-8-10-17-11-9-15/h12H,5-11H2,1-4H3. The molecule has 1 atom stereocenters. The van der Waals surface area contributed by atoms with Crippen LogP contribution in [-0.2, 0) is 9.53 Å². The van der Waals surface area contributed by atoms with Gasteiger partial charge in [0.25, 0.3) is 0 Å². The molecule has 0 N–H and O–H groups in total. The lowest BCUT2D eigenvalue weighted by Gasteiger charge is -2.39. The van der Waals surface area contributed by atoms with Crippen LogP contribution < -0.4 is 0 Å². The first-order valence-electron chi connectivity index (χ1n) is 6.87. The van der Waals surface area contributed by atoms with Crippen LogP contribution in [0.25, 0.3) is 0 Å². The number of ketones is 1. The highest BCUT2D eigenvalue weighted by molar-refractivity contribution is 7.99. The first-order chi connectivity index (χ1) is 8.48. The molecule has 1 unspecified atom stereocenters. The maximum Gasteiger partial charge on any atom is 0.152 e. The molecule has 1 heterocycles. The van der Waals surface area contributed by atoms with Crippen molar-refractivity contribution in [3.05, 3.63) is 0 Å². The Morgan fingerprint density at radius 2 is 2.00 bits per heavy atom. The Balaban J connectivity index is 2.38. The van der Waals surface area contributed by atoms with E-state index in [4.69, 9.17) is 4.74 Å².